The van der Waals surface area contributed by atoms with E-state index < -0.39 is 23.5 Å². The van der Waals surface area contributed by atoms with Crippen molar-refractivity contribution in [3.05, 3.63) is 64.7 Å². The lowest BCUT2D eigenvalue weighted by Gasteiger charge is -2.17. The summed E-state index contributed by atoms with van der Waals surface area (Å²) in [5.74, 6) is -0.267. The Morgan fingerprint density at radius 1 is 1.06 bits per heavy atom. The number of benzene rings is 2. The first kappa shape index (κ1) is 21.8. The number of amides is 1. The van der Waals surface area contributed by atoms with Gasteiger partial charge < -0.3 is 19.5 Å². The molecule has 0 fully saturated rings. The van der Waals surface area contributed by atoms with Gasteiger partial charge in [0.2, 0.25) is 5.91 Å². The molecule has 0 aliphatic heterocycles. The second-order valence-electron chi connectivity index (χ2n) is 6.73. The lowest BCUT2D eigenvalue weighted by atomic mass is 10.1. The molecule has 31 heavy (non-hydrogen) atoms. The Kier molecular flexibility index (Phi) is 6.86. The van der Waals surface area contributed by atoms with Crippen LogP contribution in [0.5, 0.6) is 11.5 Å². The largest absolute Gasteiger partial charge is 0.493 e. The molecule has 0 aliphatic carbocycles. The van der Waals surface area contributed by atoms with Crippen LogP contribution >= 0.6 is 0 Å². The van der Waals surface area contributed by atoms with E-state index in [0.29, 0.717) is 17.0 Å². The number of esters is 1. The Morgan fingerprint density at radius 3 is 2.39 bits per heavy atom. The van der Waals surface area contributed by atoms with Crippen molar-refractivity contribution in [2.24, 2.45) is 0 Å². The van der Waals surface area contributed by atoms with E-state index in [-0.39, 0.29) is 18.4 Å². The number of hydrogen-bond donors (Lipinski definition) is 1. The molecule has 162 valence electrons. The van der Waals surface area contributed by atoms with E-state index in [0.717, 1.165) is 5.56 Å². The van der Waals surface area contributed by atoms with Crippen LogP contribution in [0.4, 0.5) is 0 Å². The number of carbonyl (C=O) groups excluding carboxylic acids is 2. The molecule has 0 spiro atoms. The van der Waals surface area contributed by atoms with Crippen molar-refractivity contribution in [2.45, 2.75) is 19.0 Å². The summed E-state index contributed by atoms with van der Waals surface area (Å²) in [6.45, 7) is -0.307. The molecule has 9 heteroatoms. The van der Waals surface area contributed by atoms with Gasteiger partial charge in [0.15, 0.2) is 11.5 Å². The van der Waals surface area contributed by atoms with Crippen LogP contribution in [0.3, 0.4) is 0 Å². The molecular formula is C22H23N3O6. The maximum absolute atomic E-state index is 12.9. The van der Waals surface area contributed by atoms with E-state index in [4.69, 9.17) is 14.2 Å². The standard InChI is InChI=1S/C22H23N3O6/c1-29-18-10-15-16(11-19(18)30-2)23-13-25(21(15)27)12-20(26)24-17(22(28)31-3)9-14-7-5-4-6-8-14/h4-8,10-11,13,17H,9,12H2,1-3H3,(H,24,26). The molecular weight excluding hydrogens is 402 g/mol. The highest BCUT2D eigenvalue weighted by Crippen LogP contribution is 2.29. The van der Waals surface area contributed by atoms with Crippen molar-refractivity contribution in [1.82, 2.24) is 14.9 Å². The molecule has 2 aromatic carbocycles. The number of nitrogens with one attached hydrogen (secondary N) is 1. The van der Waals surface area contributed by atoms with Crippen LogP contribution in [-0.2, 0) is 27.3 Å². The fourth-order valence-corrected chi connectivity index (χ4v) is 3.18. The van der Waals surface area contributed by atoms with Crippen molar-refractivity contribution in [1.29, 1.82) is 0 Å². The first-order valence-electron chi connectivity index (χ1n) is 9.49. The number of nitrogens with zero attached hydrogens (tertiary/aromatic N) is 2. The Labute approximate surface area is 178 Å². The number of rotatable bonds is 8. The Hall–Kier alpha value is -3.88. The summed E-state index contributed by atoms with van der Waals surface area (Å²) in [6, 6.07) is 11.5. The smallest absolute Gasteiger partial charge is 0.328 e. The monoisotopic (exact) mass is 425 g/mol. The summed E-state index contributed by atoms with van der Waals surface area (Å²) in [6.07, 6.45) is 1.54. The van der Waals surface area contributed by atoms with Crippen molar-refractivity contribution < 1.29 is 23.8 Å². The summed E-state index contributed by atoms with van der Waals surface area (Å²) in [5, 5.41) is 2.91. The van der Waals surface area contributed by atoms with Crippen molar-refractivity contribution in [3.63, 3.8) is 0 Å². The lowest BCUT2D eigenvalue weighted by Crippen LogP contribution is -2.45. The molecule has 0 radical (unpaired) electrons. The first-order chi connectivity index (χ1) is 15.0. The summed E-state index contributed by atoms with van der Waals surface area (Å²) in [5.41, 5.74) is 0.860. The third-order valence-electron chi connectivity index (χ3n) is 4.75. The quantitative estimate of drug-likeness (QED) is 0.542. The number of fused-ring (bicyclic) bond motifs is 1. The van der Waals surface area contributed by atoms with Gasteiger partial charge in [0.25, 0.3) is 5.56 Å². The van der Waals surface area contributed by atoms with Gasteiger partial charge in [-0.15, -0.1) is 0 Å². The number of ether oxygens (including phenoxy) is 3. The molecule has 0 saturated heterocycles. The maximum atomic E-state index is 12.9. The molecule has 1 heterocycles. The van der Waals surface area contributed by atoms with E-state index >= 15 is 0 Å². The van der Waals surface area contributed by atoms with Gasteiger partial charge in [0, 0.05) is 12.5 Å². The fourth-order valence-electron chi connectivity index (χ4n) is 3.18. The number of hydrogen-bond acceptors (Lipinski definition) is 7. The second kappa shape index (κ2) is 9.75. The van der Waals surface area contributed by atoms with Crippen LogP contribution in [0.25, 0.3) is 10.9 Å². The minimum Gasteiger partial charge on any atom is -0.493 e. The van der Waals surface area contributed by atoms with Crippen LogP contribution in [-0.4, -0.2) is 48.8 Å². The number of aromatic nitrogens is 2. The van der Waals surface area contributed by atoms with Gasteiger partial charge in [-0.3, -0.25) is 14.2 Å². The molecule has 3 aromatic rings. The van der Waals surface area contributed by atoms with E-state index in [9.17, 15) is 14.4 Å². The Bertz CT molecular complexity index is 1140. The van der Waals surface area contributed by atoms with Gasteiger partial charge in [-0.1, -0.05) is 30.3 Å². The number of carbonyl (C=O) groups is 2. The van der Waals surface area contributed by atoms with E-state index in [2.05, 4.69) is 10.3 Å². The van der Waals surface area contributed by atoms with Gasteiger partial charge in [0.1, 0.15) is 12.6 Å². The van der Waals surface area contributed by atoms with Crippen molar-refractivity contribution >= 4 is 22.8 Å². The summed E-state index contributed by atoms with van der Waals surface area (Å²) < 4.78 is 16.4. The fraction of sp³-hybridized carbons (Fsp3) is 0.273. The molecule has 1 amide bonds. The number of methoxy groups -OCH3 is 3. The molecule has 9 nitrogen and oxygen atoms in total. The first-order valence-corrected chi connectivity index (χ1v) is 9.49. The zero-order chi connectivity index (χ0) is 22.4. The third kappa shape index (κ3) is 5.00. The van der Waals surface area contributed by atoms with Crippen molar-refractivity contribution in [2.75, 3.05) is 21.3 Å². The zero-order valence-electron chi connectivity index (χ0n) is 17.5. The highest BCUT2D eigenvalue weighted by molar-refractivity contribution is 5.85. The van der Waals surface area contributed by atoms with Gasteiger partial charge >= 0.3 is 5.97 Å². The lowest BCUT2D eigenvalue weighted by molar-refractivity contribution is -0.145. The van der Waals surface area contributed by atoms with Crippen LogP contribution in [0, 0.1) is 0 Å². The molecule has 3 rings (SSSR count). The Balaban J connectivity index is 1.81. The van der Waals surface area contributed by atoms with Crippen LogP contribution in [0.2, 0.25) is 0 Å². The molecule has 1 unspecified atom stereocenters. The van der Waals surface area contributed by atoms with Crippen LogP contribution in [0.15, 0.2) is 53.6 Å². The van der Waals surface area contributed by atoms with Crippen molar-refractivity contribution in [3.8, 4) is 11.5 Å². The SMILES string of the molecule is COC(=O)C(Cc1ccccc1)NC(=O)Cn1cnc2cc(OC)c(OC)cc2c1=O. The summed E-state index contributed by atoms with van der Waals surface area (Å²) >= 11 is 0. The van der Waals surface area contributed by atoms with Gasteiger partial charge in [-0.25, -0.2) is 9.78 Å². The average Bonchev–Trinajstić information content (AvgIpc) is 2.79. The zero-order valence-corrected chi connectivity index (χ0v) is 17.5. The predicted octanol–water partition coefficient (Wildman–Crippen LogP) is 1.31. The average molecular weight is 425 g/mol. The second-order valence-corrected chi connectivity index (χ2v) is 6.73. The van der Waals surface area contributed by atoms with Gasteiger partial charge in [0.05, 0.1) is 38.6 Å². The third-order valence-corrected chi connectivity index (χ3v) is 4.75. The predicted molar refractivity (Wildman–Crippen MR) is 113 cm³/mol. The molecule has 0 aliphatic rings. The maximum Gasteiger partial charge on any atom is 0.328 e. The molecule has 1 atom stereocenters. The summed E-state index contributed by atoms with van der Waals surface area (Å²) in [4.78, 5) is 41.8. The topological polar surface area (TPSA) is 109 Å². The van der Waals surface area contributed by atoms with Crippen LogP contribution < -0.4 is 20.3 Å². The Morgan fingerprint density at radius 2 is 1.74 bits per heavy atom. The van der Waals surface area contributed by atoms with E-state index in [1.807, 2.05) is 30.3 Å². The highest BCUT2D eigenvalue weighted by Gasteiger charge is 2.22. The minimum absolute atomic E-state index is 0.265. The highest BCUT2D eigenvalue weighted by atomic mass is 16.5. The van der Waals surface area contributed by atoms with Crippen LogP contribution in [0.1, 0.15) is 5.56 Å². The molecule has 0 saturated carbocycles. The molecule has 1 aromatic heterocycles. The summed E-state index contributed by atoms with van der Waals surface area (Å²) in [7, 11) is 4.21. The normalized spacial score (nSPS) is 11.6. The van der Waals surface area contributed by atoms with E-state index in [1.54, 1.807) is 6.07 Å². The van der Waals surface area contributed by atoms with Gasteiger partial charge in [-0.05, 0) is 11.6 Å². The molecule has 0 bridgehead atoms. The van der Waals surface area contributed by atoms with E-state index in [1.165, 1.54) is 38.3 Å². The minimum atomic E-state index is -0.881. The molecule has 1 N–H and O–H groups in total. The van der Waals surface area contributed by atoms with Gasteiger partial charge in [-0.2, -0.15) is 0 Å².